The minimum absolute atomic E-state index is 0.132. The third kappa shape index (κ3) is 4.90. The van der Waals surface area contributed by atoms with Gasteiger partial charge in [-0.3, -0.25) is 10.1 Å². The van der Waals surface area contributed by atoms with E-state index in [4.69, 9.17) is 39.8 Å². The van der Waals surface area contributed by atoms with Gasteiger partial charge in [-0.05, 0) is 73.2 Å². The maximum Gasteiger partial charge on any atom is 0.293 e. The molecule has 2 aromatic carbocycles. The minimum Gasteiger partial charge on any atom is -0.451 e. The summed E-state index contributed by atoms with van der Waals surface area (Å²) >= 11 is 20.5. The third-order valence-electron chi connectivity index (χ3n) is 3.70. The zero-order chi connectivity index (χ0) is 19.6. The SMILES string of the molecule is Cc1cc(Br)ccc1NC(=S)NC(=O)c1ccc(-c2ccc(Cl)c(Cl)c2)o1. The monoisotopic (exact) mass is 482 g/mol. The molecule has 0 aliphatic rings. The second-order valence-corrected chi connectivity index (χ2v) is 7.80. The van der Waals surface area contributed by atoms with Gasteiger partial charge in [-0.25, -0.2) is 0 Å². The maximum atomic E-state index is 12.4. The molecule has 0 saturated heterocycles. The molecular weight excluding hydrogens is 471 g/mol. The fourth-order valence-electron chi connectivity index (χ4n) is 2.35. The Labute approximate surface area is 180 Å². The fraction of sp³-hybridized carbons (Fsp3) is 0.0526. The van der Waals surface area contributed by atoms with E-state index in [1.807, 2.05) is 25.1 Å². The van der Waals surface area contributed by atoms with Gasteiger partial charge in [0.1, 0.15) is 5.76 Å². The van der Waals surface area contributed by atoms with Gasteiger partial charge in [-0.2, -0.15) is 0 Å². The van der Waals surface area contributed by atoms with Crippen LogP contribution in [0.5, 0.6) is 0 Å². The summed E-state index contributed by atoms with van der Waals surface area (Å²) in [5.74, 6) is 0.183. The summed E-state index contributed by atoms with van der Waals surface area (Å²) in [6, 6.07) is 14.1. The number of amides is 1. The van der Waals surface area contributed by atoms with E-state index >= 15 is 0 Å². The van der Waals surface area contributed by atoms with Crippen LogP contribution in [0.25, 0.3) is 11.3 Å². The Balaban J connectivity index is 1.68. The lowest BCUT2D eigenvalue weighted by Gasteiger charge is -2.11. The Morgan fingerprint density at radius 3 is 2.56 bits per heavy atom. The van der Waals surface area contributed by atoms with Gasteiger partial charge in [-0.1, -0.05) is 39.1 Å². The molecular formula is C19H13BrCl2N2O2S. The van der Waals surface area contributed by atoms with E-state index in [2.05, 4.69) is 26.6 Å². The quantitative estimate of drug-likeness (QED) is 0.420. The predicted molar refractivity (Wildman–Crippen MR) is 117 cm³/mol. The van der Waals surface area contributed by atoms with Crippen LogP contribution in [0.1, 0.15) is 16.1 Å². The Bertz CT molecular complexity index is 1040. The number of furan rings is 1. The van der Waals surface area contributed by atoms with Crippen molar-refractivity contribution in [3.63, 3.8) is 0 Å². The summed E-state index contributed by atoms with van der Waals surface area (Å²) in [7, 11) is 0. The molecule has 0 aliphatic heterocycles. The molecule has 27 heavy (non-hydrogen) atoms. The number of nitrogens with one attached hydrogen (secondary N) is 2. The molecule has 4 nitrogen and oxygen atoms in total. The first kappa shape index (κ1) is 19.9. The molecule has 0 bridgehead atoms. The molecule has 3 rings (SSSR count). The van der Waals surface area contributed by atoms with Gasteiger partial charge in [0, 0.05) is 15.7 Å². The number of aryl methyl sites for hydroxylation is 1. The molecule has 138 valence electrons. The number of benzene rings is 2. The van der Waals surface area contributed by atoms with Crippen molar-refractivity contribution >= 4 is 68.1 Å². The molecule has 0 aliphatic carbocycles. The van der Waals surface area contributed by atoms with E-state index < -0.39 is 5.91 Å². The lowest BCUT2D eigenvalue weighted by Crippen LogP contribution is -2.34. The number of rotatable bonds is 3. The van der Waals surface area contributed by atoms with E-state index in [9.17, 15) is 4.79 Å². The standard InChI is InChI=1S/C19H13BrCl2N2O2S/c1-10-8-12(20)3-5-15(10)23-19(27)24-18(25)17-7-6-16(26-17)11-2-4-13(21)14(22)9-11/h2-9H,1H3,(H2,23,24,25,27). The highest BCUT2D eigenvalue weighted by Crippen LogP contribution is 2.29. The van der Waals surface area contributed by atoms with Crippen molar-refractivity contribution in [3.8, 4) is 11.3 Å². The van der Waals surface area contributed by atoms with Crippen LogP contribution in [0.2, 0.25) is 10.0 Å². The molecule has 1 heterocycles. The first-order chi connectivity index (χ1) is 12.8. The van der Waals surface area contributed by atoms with Gasteiger partial charge < -0.3 is 9.73 Å². The topological polar surface area (TPSA) is 54.3 Å². The molecule has 0 fully saturated rings. The predicted octanol–water partition coefficient (Wildman–Crippen LogP) is 6.45. The zero-order valence-electron chi connectivity index (χ0n) is 14.0. The summed E-state index contributed by atoms with van der Waals surface area (Å²) in [6.07, 6.45) is 0. The van der Waals surface area contributed by atoms with E-state index in [1.165, 1.54) is 0 Å². The number of anilines is 1. The molecule has 0 atom stereocenters. The van der Waals surface area contributed by atoms with Gasteiger partial charge in [0.25, 0.3) is 5.91 Å². The van der Waals surface area contributed by atoms with Crippen molar-refractivity contribution in [3.05, 3.63) is 74.4 Å². The molecule has 3 aromatic rings. The van der Waals surface area contributed by atoms with Crippen LogP contribution in [0.15, 0.2) is 57.4 Å². The lowest BCUT2D eigenvalue weighted by atomic mass is 10.2. The average Bonchev–Trinajstić information content (AvgIpc) is 3.10. The number of carbonyl (C=O) groups is 1. The third-order valence-corrected chi connectivity index (χ3v) is 5.13. The summed E-state index contributed by atoms with van der Waals surface area (Å²) in [4.78, 5) is 12.4. The van der Waals surface area contributed by atoms with Gasteiger partial charge in [-0.15, -0.1) is 0 Å². The minimum atomic E-state index is -0.450. The number of carbonyl (C=O) groups excluding carboxylic acids is 1. The van der Waals surface area contributed by atoms with Crippen molar-refractivity contribution in [1.29, 1.82) is 0 Å². The zero-order valence-corrected chi connectivity index (χ0v) is 17.9. The smallest absolute Gasteiger partial charge is 0.293 e. The molecule has 2 N–H and O–H groups in total. The summed E-state index contributed by atoms with van der Waals surface area (Å²) in [6.45, 7) is 1.94. The Kier molecular flexibility index (Phi) is 6.22. The highest BCUT2D eigenvalue weighted by Gasteiger charge is 2.15. The second kappa shape index (κ2) is 8.44. The van der Waals surface area contributed by atoms with Crippen LogP contribution >= 0.6 is 51.3 Å². The normalized spacial score (nSPS) is 10.5. The number of hydrogen-bond donors (Lipinski definition) is 2. The van der Waals surface area contributed by atoms with Gasteiger partial charge in [0.15, 0.2) is 10.9 Å². The molecule has 0 radical (unpaired) electrons. The number of halogens is 3. The average molecular weight is 484 g/mol. The number of thiocarbonyl (C=S) groups is 1. The molecule has 0 saturated carbocycles. The fourth-order valence-corrected chi connectivity index (χ4v) is 3.33. The molecule has 1 aromatic heterocycles. The van der Waals surface area contributed by atoms with Crippen LogP contribution < -0.4 is 10.6 Å². The summed E-state index contributed by atoms with van der Waals surface area (Å²) in [5, 5.41) is 6.63. The number of hydrogen-bond acceptors (Lipinski definition) is 3. The molecule has 0 unspecified atom stereocenters. The van der Waals surface area contributed by atoms with Crippen LogP contribution in [0.4, 0.5) is 5.69 Å². The first-order valence-corrected chi connectivity index (χ1v) is 9.73. The van der Waals surface area contributed by atoms with Gasteiger partial charge >= 0.3 is 0 Å². The maximum absolute atomic E-state index is 12.4. The van der Waals surface area contributed by atoms with E-state index in [0.717, 1.165) is 21.3 Å². The van der Waals surface area contributed by atoms with Crippen LogP contribution in [0, 0.1) is 6.92 Å². The van der Waals surface area contributed by atoms with Crippen molar-refractivity contribution in [2.24, 2.45) is 0 Å². The van der Waals surface area contributed by atoms with Gasteiger partial charge in [0.05, 0.1) is 10.0 Å². The van der Waals surface area contributed by atoms with Crippen LogP contribution in [0.3, 0.4) is 0 Å². The highest BCUT2D eigenvalue weighted by atomic mass is 79.9. The van der Waals surface area contributed by atoms with E-state index in [1.54, 1.807) is 30.3 Å². The Hall–Kier alpha value is -1.86. The molecule has 8 heteroatoms. The molecule has 0 spiro atoms. The van der Waals surface area contributed by atoms with Crippen molar-refractivity contribution in [2.45, 2.75) is 6.92 Å². The summed E-state index contributed by atoms with van der Waals surface area (Å²) in [5.41, 5.74) is 2.51. The van der Waals surface area contributed by atoms with Crippen LogP contribution in [-0.2, 0) is 0 Å². The van der Waals surface area contributed by atoms with Crippen molar-refractivity contribution < 1.29 is 9.21 Å². The van der Waals surface area contributed by atoms with E-state index in [-0.39, 0.29) is 10.9 Å². The van der Waals surface area contributed by atoms with Crippen molar-refractivity contribution in [1.82, 2.24) is 5.32 Å². The van der Waals surface area contributed by atoms with Crippen LogP contribution in [-0.4, -0.2) is 11.0 Å². The largest absolute Gasteiger partial charge is 0.451 e. The van der Waals surface area contributed by atoms with Gasteiger partial charge in [0.2, 0.25) is 0 Å². The Morgan fingerprint density at radius 2 is 1.85 bits per heavy atom. The Morgan fingerprint density at radius 1 is 1.07 bits per heavy atom. The lowest BCUT2D eigenvalue weighted by molar-refractivity contribution is 0.0951. The second-order valence-electron chi connectivity index (χ2n) is 5.66. The summed E-state index contributed by atoms with van der Waals surface area (Å²) < 4.78 is 6.57. The highest BCUT2D eigenvalue weighted by molar-refractivity contribution is 9.10. The van der Waals surface area contributed by atoms with E-state index in [0.29, 0.717) is 15.8 Å². The van der Waals surface area contributed by atoms with Crippen molar-refractivity contribution in [2.75, 3.05) is 5.32 Å². The molecule has 1 amide bonds. The first-order valence-electron chi connectivity index (χ1n) is 7.77.